The number of benzene rings is 2. The Balaban J connectivity index is 1.70. The van der Waals surface area contributed by atoms with Crippen molar-refractivity contribution in [2.24, 2.45) is 0 Å². The van der Waals surface area contributed by atoms with Crippen LogP contribution in [0, 0.1) is 5.82 Å². The molecule has 6 heteroatoms. The first-order chi connectivity index (χ1) is 12.0. The van der Waals surface area contributed by atoms with Crippen molar-refractivity contribution in [2.45, 2.75) is 6.04 Å². The lowest BCUT2D eigenvalue weighted by atomic mass is 10.0. The largest absolute Gasteiger partial charge is 0.483 e. The summed E-state index contributed by atoms with van der Waals surface area (Å²) in [6.45, 7) is 2.20. The zero-order valence-corrected chi connectivity index (χ0v) is 15.6. The van der Waals surface area contributed by atoms with Crippen molar-refractivity contribution >= 4 is 21.8 Å². The van der Waals surface area contributed by atoms with Gasteiger partial charge in [0.15, 0.2) is 6.61 Å². The fourth-order valence-corrected chi connectivity index (χ4v) is 3.46. The minimum Gasteiger partial charge on any atom is -0.483 e. The number of rotatable bonds is 4. The maximum absolute atomic E-state index is 13.1. The van der Waals surface area contributed by atoms with Gasteiger partial charge in [-0.15, -0.1) is 0 Å². The van der Waals surface area contributed by atoms with Crippen LogP contribution in [0.3, 0.4) is 0 Å². The summed E-state index contributed by atoms with van der Waals surface area (Å²) in [4.78, 5) is 16.8. The van der Waals surface area contributed by atoms with Gasteiger partial charge in [0.2, 0.25) is 0 Å². The number of halogens is 2. The summed E-state index contributed by atoms with van der Waals surface area (Å²) in [7, 11) is 2.06. The number of piperazine rings is 1. The van der Waals surface area contributed by atoms with Crippen LogP contribution in [-0.4, -0.2) is 49.0 Å². The molecule has 1 fully saturated rings. The highest BCUT2D eigenvalue weighted by molar-refractivity contribution is 9.10. The van der Waals surface area contributed by atoms with Crippen molar-refractivity contribution < 1.29 is 13.9 Å². The Morgan fingerprint density at radius 2 is 2.00 bits per heavy atom. The minimum absolute atomic E-state index is 0.00714. The topological polar surface area (TPSA) is 32.8 Å². The third-order valence-corrected chi connectivity index (χ3v) is 4.95. The molecule has 2 aromatic carbocycles. The van der Waals surface area contributed by atoms with E-state index in [9.17, 15) is 9.18 Å². The van der Waals surface area contributed by atoms with E-state index in [2.05, 4.69) is 27.9 Å². The predicted molar refractivity (Wildman–Crippen MR) is 98.0 cm³/mol. The third-order valence-electron chi connectivity index (χ3n) is 4.33. The van der Waals surface area contributed by atoms with Crippen LogP contribution in [0.15, 0.2) is 53.0 Å². The van der Waals surface area contributed by atoms with Crippen molar-refractivity contribution in [3.05, 3.63) is 64.4 Å². The fraction of sp³-hybridized carbons (Fsp3) is 0.316. The van der Waals surface area contributed by atoms with Gasteiger partial charge in [-0.1, -0.05) is 30.3 Å². The monoisotopic (exact) mass is 406 g/mol. The summed E-state index contributed by atoms with van der Waals surface area (Å²) in [5.74, 6) is 0.0343. The zero-order valence-electron chi connectivity index (χ0n) is 14.0. The molecule has 1 aliphatic heterocycles. The number of amides is 1. The molecule has 4 nitrogen and oxygen atoms in total. The van der Waals surface area contributed by atoms with Gasteiger partial charge in [0.1, 0.15) is 11.6 Å². The predicted octanol–water partition coefficient (Wildman–Crippen LogP) is 3.48. The molecule has 1 heterocycles. The number of nitrogens with zero attached hydrogens (tertiary/aromatic N) is 2. The Morgan fingerprint density at radius 1 is 1.24 bits per heavy atom. The molecule has 0 N–H and O–H groups in total. The van der Waals surface area contributed by atoms with Crippen LogP contribution >= 0.6 is 15.9 Å². The molecule has 132 valence electrons. The van der Waals surface area contributed by atoms with Crippen LogP contribution in [0.1, 0.15) is 11.6 Å². The van der Waals surface area contributed by atoms with Crippen LogP contribution < -0.4 is 4.74 Å². The van der Waals surface area contributed by atoms with E-state index in [1.165, 1.54) is 18.2 Å². The molecule has 1 atom stereocenters. The highest BCUT2D eigenvalue weighted by Crippen LogP contribution is 2.27. The average Bonchev–Trinajstić information content (AvgIpc) is 2.61. The Morgan fingerprint density at radius 3 is 2.72 bits per heavy atom. The molecule has 0 radical (unpaired) electrons. The smallest absolute Gasteiger partial charge is 0.261 e. The van der Waals surface area contributed by atoms with Gasteiger partial charge < -0.3 is 14.5 Å². The summed E-state index contributed by atoms with van der Waals surface area (Å²) < 4.78 is 19.2. The molecule has 0 bridgehead atoms. The summed E-state index contributed by atoms with van der Waals surface area (Å²) >= 11 is 3.25. The first-order valence-corrected chi connectivity index (χ1v) is 8.94. The van der Waals surface area contributed by atoms with Gasteiger partial charge in [0.25, 0.3) is 5.91 Å². The van der Waals surface area contributed by atoms with Gasteiger partial charge in [0.05, 0.1) is 10.5 Å². The van der Waals surface area contributed by atoms with Crippen LogP contribution in [0.2, 0.25) is 0 Å². The summed E-state index contributed by atoms with van der Waals surface area (Å²) in [6, 6.07) is 14.2. The SMILES string of the molecule is CN1CCN(C(=O)COc2ccc(F)cc2Br)[C@@H](c2ccccc2)C1. The van der Waals surface area contributed by atoms with E-state index in [0.717, 1.165) is 18.7 Å². The maximum Gasteiger partial charge on any atom is 0.261 e. The Labute approximate surface area is 155 Å². The molecular weight excluding hydrogens is 387 g/mol. The van der Waals surface area contributed by atoms with E-state index in [-0.39, 0.29) is 24.4 Å². The molecule has 1 saturated heterocycles. The van der Waals surface area contributed by atoms with E-state index >= 15 is 0 Å². The van der Waals surface area contributed by atoms with Crippen LogP contribution in [0.4, 0.5) is 4.39 Å². The third kappa shape index (κ3) is 4.38. The molecule has 0 aliphatic carbocycles. The van der Waals surface area contributed by atoms with Crippen LogP contribution in [0.25, 0.3) is 0 Å². The number of hydrogen-bond donors (Lipinski definition) is 0. The highest BCUT2D eigenvalue weighted by Gasteiger charge is 2.30. The van der Waals surface area contributed by atoms with Crippen molar-refractivity contribution in [1.29, 1.82) is 0 Å². The van der Waals surface area contributed by atoms with Crippen LogP contribution in [0.5, 0.6) is 5.75 Å². The second kappa shape index (κ2) is 7.97. The van der Waals surface area contributed by atoms with Gasteiger partial charge in [-0.05, 0) is 46.7 Å². The van der Waals surface area contributed by atoms with Gasteiger partial charge in [-0.3, -0.25) is 4.79 Å². The first-order valence-electron chi connectivity index (χ1n) is 8.15. The Kier molecular flexibility index (Phi) is 5.71. The lowest BCUT2D eigenvalue weighted by Crippen LogP contribution is -2.50. The second-order valence-electron chi connectivity index (χ2n) is 6.14. The average molecular weight is 407 g/mol. The van der Waals surface area contributed by atoms with E-state index in [0.29, 0.717) is 16.8 Å². The number of hydrogen-bond acceptors (Lipinski definition) is 3. The molecule has 25 heavy (non-hydrogen) atoms. The van der Waals surface area contributed by atoms with Crippen molar-refractivity contribution in [1.82, 2.24) is 9.80 Å². The summed E-state index contributed by atoms with van der Waals surface area (Å²) in [5, 5.41) is 0. The van der Waals surface area contributed by atoms with E-state index < -0.39 is 0 Å². The van der Waals surface area contributed by atoms with Crippen LogP contribution in [-0.2, 0) is 4.79 Å². The van der Waals surface area contributed by atoms with Crippen molar-refractivity contribution in [2.75, 3.05) is 33.3 Å². The summed E-state index contributed by atoms with van der Waals surface area (Å²) in [5.41, 5.74) is 1.12. The molecule has 2 aromatic rings. The molecule has 0 spiro atoms. The standard InChI is InChI=1S/C19H20BrFN2O2/c1-22-9-10-23(17(12-22)14-5-3-2-4-6-14)19(24)13-25-18-8-7-15(21)11-16(18)20/h2-8,11,17H,9-10,12-13H2,1H3/t17-/m1/s1. The molecular formula is C19H20BrFN2O2. The molecule has 1 aliphatic rings. The zero-order chi connectivity index (χ0) is 17.8. The van der Waals surface area contributed by atoms with Gasteiger partial charge in [-0.2, -0.15) is 0 Å². The fourth-order valence-electron chi connectivity index (χ4n) is 2.99. The van der Waals surface area contributed by atoms with E-state index in [1.54, 1.807) is 0 Å². The normalized spacial score (nSPS) is 18.2. The number of carbonyl (C=O) groups is 1. The molecule has 0 unspecified atom stereocenters. The minimum atomic E-state index is -0.353. The van der Waals surface area contributed by atoms with E-state index in [4.69, 9.17) is 4.74 Å². The van der Waals surface area contributed by atoms with Crippen molar-refractivity contribution in [3.63, 3.8) is 0 Å². The molecule has 0 saturated carbocycles. The quantitative estimate of drug-likeness (QED) is 0.778. The Bertz CT molecular complexity index is 741. The molecule has 1 amide bonds. The van der Waals surface area contributed by atoms with Gasteiger partial charge >= 0.3 is 0 Å². The lowest BCUT2D eigenvalue weighted by molar-refractivity contribution is -0.138. The lowest BCUT2D eigenvalue weighted by Gasteiger charge is -2.40. The highest BCUT2D eigenvalue weighted by atomic mass is 79.9. The Hall–Kier alpha value is -1.92. The first kappa shape index (κ1) is 17.9. The van der Waals surface area contributed by atoms with Crippen molar-refractivity contribution in [3.8, 4) is 5.75 Å². The maximum atomic E-state index is 13.1. The molecule has 0 aromatic heterocycles. The number of likely N-dealkylation sites (N-methyl/N-ethyl adjacent to an activating group) is 1. The number of ether oxygens (including phenoxy) is 1. The summed E-state index contributed by atoms with van der Waals surface area (Å²) in [6.07, 6.45) is 0. The number of carbonyl (C=O) groups excluding carboxylic acids is 1. The molecule has 3 rings (SSSR count). The van der Waals surface area contributed by atoms with Gasteiger partial charge in [0, 0.05) is 19.6 Å². The van der Waals surface area contributed by atoms with Gasteiger partial charge in [-0.25, -0.2) is 4.39 Å². The second-order valence-corrected chi connectivity index (χ2v) is 6.99. The van der Waals surface area contributed by atoms with E-state index in [1.807, 2.05) is 35.2 Å².